The Morgan fingerprint density at radius 3 is 2.39 bits per heavy atom. The molecule has 0 radical (unpaired) electrons. The van der Waals surface area contributed by atoms with Gasteiger partial charge in [-0.25, -0.2) is 0 Å². The van der Waals surface area contributed by atoms with E-state index >= 15 is 0 Å². The summed E-state index contributed by atoms with van der Waals surface area (Å²) >= 11 is 0. The minimum absolute atomic E-state index is 0.0561. The van der Waals surface area contributed by atoms with E-state index < -0.39 is 0 Å². The first-order valence-corrected chi connectivity index (χ1v) is 11.5. The fourth-order valence-electron chi connectivity index (χ4n) is 3.99. The van der Waals surface area contributed by atoms with Crippen molar-refractivity contribution in [1.82, 2.24) is 15.2 Å². The molecular formula is C27H27N3O3. The molecule has 5 rings (SSSR count). The van der Waals surface area contributed by atoms with Crippen LogP contribution in [0.25, 0.3) is 11.3 Å². The molecule has 0 spiro atoms. The molecule has 168 valence electrons. The third kappa shape index (κ3) is 4.90. The van der Waals surface area contributed by atoms with E-state index in [0.717, 1.165) is 42.4 Å². The molecule has 2 fully saturated rings. The summed E-state index contributed by atoms with van der Waals surface area (Å²) in [7, 11) is 0. The van der Waals surface area contributed by atoms with Gasteiger partial charge in [0.05, 0.1) is 0 Å². The van der Waals surface area contributed by atoms with Crippen molar-refractivity contribution in [1.29, 1.82) is 0 Å². The molecular weight excluding hydrogens is 414 g/mol. The highest BCUT2D eigenvalue weighted by molar-refractivity contribution is 5.95. The van der Waals surface area contributed by atoms with Gasteiger partial charge in [0.2, 0.25) is 0 Å². The average molecular weight is 442 g/mol. The highest BCUT2D eigenvalue weighted by atomic mass is 16.2. The number of hydrogen-bond acceptors (Lipinski definition) is 3. The molecule has 2 amide bonds. The monoisotopic (exact) mass is 441 g/mol. The van der Waals surface area contributed by atoms with Crippen LogP contribution in [0, 0.1) is 6.92 Å². The maximum atomic E-state index is 13.3. The molecule has 33 heavy (non-hydrogen) atoms. The van der Waals surface area contributed by atoms with Gasteiger partial charge in [-0.05, 0) is 74.1 Å². The van der Waals surface area contributed by atoms with Gasteiger partial charge in [-0.1, -0.05) is 35.9 Å². The van der Waals surface area contributed by atoms with E-state index in [1.807, 2.05) is 43.3 Å². The first-order valence-electron chi connectivity index (χ1n) is 11.5. The Hall–Kier alpha value is -3.67. The number of aromatic amines is 1. The van der Waals surface area contributed by atoms with Gasteiger partial charge < -0.3 is 15.2 Å². The topological polar surface area (TPSA) is 82.3 Å². The largest absolute Gasteiger partial charge is 0.349 e. The van der Waals surface area contributed by atoms with Crippen LogP contribution in [0.2, 0.25) is 0 Å². The molecule has 2 aromatic carbocycles. The number of aryl methyl sites for hydroxylation is 1. The Morgan fingerprint density at radius 1 is 1.00 bits per heavy atom. The number of nitrogens with zero attached hydrogens (tertiary/aromatic N) is 1. The molecule has 2 aliphatic rings. The fraction of sp³-hybridized carbons (Fsp3) is 0.296. The lowest BCUT2D eigenvalue weighted by Gasteiger charge is -2.22. The third-order valence-electron chi connectivity index (χ3n) is 6.20. The Balaban J connectivity index is 1.33. The molecule has 0 bridgehead atoms. The van der Waals surface area contributed by atoms with E-state index in [4.69, 9.17) is 0 Å². The van der Waals surface area contributed by atoms with Crippen LogP contribution in [-0.4, -0.2) is 33.8 Å². The van der Waals surface area contributed by atoms with Gasteiger partial charge in [-0.2, -0.15) is 0 Å². The number of H-pyrrole nitrogens is 1. The van der Waals surface area contributed by atoms with Crippen LogP contribution >= 0.6 is 0 Å². The minimum Gasteiger partial charge on any atom is -0.349 e. The van der Waals surface area contributed by atoms with Crippen LogP contribution in [-0.2, 0) is 6.54 Å². The van der Waals surface area contributed by atoms with E-state index in [9.17, 15) is 14.4 Å². The zero-order valence-electron chi connectivity index (χ0n) is 18.6. The maximum Gasteiger partial charge on any atom is 0.261 e. The lowest BCUT2D eigenvalue weighted by Crippen LogP contribution is -2.36. The predicted octanol–water partition coefficient (Wildman–Crippen LogP) is 4.05. The van der Waals surface area contributed by atoms with Crippen molar-refractivity contribution >= 4 is 11.8 Å². The zero-order valence-corrected chi connectivity index (χ0v) is 18.6. The molecule has 2 aliphatic carbocycles. The van der Waals surface area contributed by atoms with Gasteiger partial charge in [-0.15, -0.1) is 0 Å². The van der Waals surface area contributed by atoms with Crippen LogP contribution in [0.5, 0.6) is 0 Å². The fourth-order valence-corrected chi connectivity index (χ4v) is 3.99. The van der Waals surface area contributed by atoms with Crippen molar-refractivity contribution in [3.63, 3.8) is 0 Å². The Bertz CT molecular complexity index is 1250. The van der Waals surface area contributed by atoms with Crippen LogP contribution in [0.3, 0.4) is 0 Å². The van der Waals surface area contributed by atoms with Crippen LogP contribution in [0.4, 0.5) is 0 Å². The highest BCUT2D eigenvalue weighted by Crippen LogP contribution is 2.30. The van der Waals surface area contributed by atoms with E-state index in [1.54, 1.807) is 29.2 Å². The number of aromatic nitrogens is 1. The van der Waals surface area contributed by atoms with Gasteiger partial charge in [0.15, 0.2) is 0 Å². The second kappa shape index (κ2) is 8.70. The van der Waals surface area contributed by atoms with Crippen LogP contribution in [0.15, 0.2) is 65.5 Å². The number of amides is 2. The lowest BCUT2D eigenvalue weighted by atomic mass is 10.1. The summed E-state index contributed by atoms with van der Waals surface area (Å²) < 4.78 is 0. The van der Waals surface area contributed by atoms with Crippen LogP contribution in [0.1, 0.15) is 57.5 Å². The number of hydrogen-bond donors (Lipinski definition) is 2. The van der Waals surface area contributed by atoms with Gasteiger partial charge in [0, 0.05) is 29.9 Å². The first kappa shape index (κ1) is 21.2. The number of pyridine rings is 1. The van der Waals surface area contributed by atoms with E-state index in [0.29, 0.717) is 23.8 Å². The normalized spacial score (nSPS) is 15.2. The lowest BCUT2D eigenvalue weighted by molar-refractivity contribution is 0.0727. The quantitative estimate of drug-likeness (QED) is 0.580. The second-order valence-corrected chi connectivity index (χ2v) is 9.09. The van der Waals surface area contributed by atoms with Crippen molar-refractivity contribution in [3.8, 4) is 11.3 Å². The summed E-state index contributed by atoms with van der Waals surface area (Å²) in [6.07, 6.45) is 3.97. The second-order valence-electron chi connectivity index (χ2n) is 9.09. The van der Waals surface area contributed by atoms with Crippen molar-refractivity contribution in [2.45, 2.75) is 51.2 Å². The molecule has 0 aliphatic heterocycles. The summed E-state index contributed by atoms with van der Waals surface area (Å²) in [6.45, 7) is 2.41. The Labute approximate surface area is 192 Å². The predicted molar refractivity (Wildman–Crippen MR) is 127 cm³/mol. The molecule has 0 unspecified atom stereocenters. The minimum atomic E-state index is -0.378. The van der Waals surface area contributed by atoms with E-state index in [-0.39, 0.29) is 29.0 Å². The van der Waals surface area contributed by atoms with Crippen molar-refractivity contribution in [2.24, 2.45) is 0 Å². The molecule has 6 heteroatoms. The van der Waals surface area contributed by atoms with E-state index in [2.05, 4.69) is 10.3 Å². The van der Waals surface area contributed by atoms with Gasteiger partial charge in [0.1, 0.15) is 5.56 Å². The standard InChI is InChI=1S/C27H27N3O3/c1-17-3-2-4-20(15-17)24-14-13-23(26(32)29-24)27(33)30(22-11-12-22)16-18-5-7-19(8-6-18)25(31)28-21-9-10-21/h2-8,13-15,21-22H,9-12,16H2,1H3,(H,28,31)(H,29,32). The molecule has 3 aromatic rings. The van der Waals surface area contributed by atoms with Gasteiger partial charge >= 0.3 is 0 Å². The van der Waals surface area contributed by atoms with Crippen molar-refractivity contribution in [2.75, 3.05) is 0 Å². The van der Waals surface area contributed by atoms with E-state index in [1.165, 1.54) is 0 Å². The maximum absolute atomic E-state index is 13.3. The van der Waals surface area contributed by atoms with Crippen molar-refractivity contribution < 1.29 is 9.59 Å². The summed E-state index contributed by atoms with van der Waals surface area (Å²) in [5.41, 5.74) is 4.04. The number of rotatable bonds is 7. The van der Waals surface area contributed by atoms with Gasteiger partial charge in [0.25, 0.3) is 17.4 Å². The smallest absolute Gasteiger partial charge is 0.261 e. The van der Waals surface area contributed by atoms with Crippen LogP contribution < -0.4 is 10.9 Å². The zero-order chi connectivity index (χ0) is 22.9. The molecule has 0 atom stereocenters. The molecule has 2 saturated carbocycles. The summed E-state index contributed by atoms with van der Waals surface area (Å²) in [4.78, 5) is 43.0. The molecule has 6 nitrogen and oxygen atoms in total. The number of carbonyl (C=O) groups is 2. The molecule has 0 saturated heterocycles. The molecule has 1 aromatic heterocycles. The first-order chi connectivity index (χ1) is 16.0. The highest BCUT2D eigenvalue weighted by Gasteiger charge is 2.34. The average Bonchev–Trinajstić information content (AvgIpc) is 3.73. The van der Waals surface area contributed by atoms with Crippen molar-refractivity contribution in [3.05, 3.63) is 93.3 Å². The molecule has 1 heterocycles. The summed E-state index contributed by atoms with van der Waals surface area (Å²) in [6, 6.07) is 19.1. The Kier molecular flexibility index (Phi) is 5.58. The number of nitrogens with one attached hydrogen (secondary N) is 2. The number of benzene rings is 2. The number of carbonyl (C=O) groups excluding carboxylic acids is 2. The Morgan fingerprint density at radius 2 is 1.76 bits per heavy atom. The van der Waals surface area contributed by atoms with Gasteiger partial charge in [-0.3, -0.25) is 14.4 Å². The summed E-state index contributed by atoms with van der Waals surface area (Å²) in [5, 5.41) is 2.98. The summed E-state index contributed by atoms with van der Waals surface area (Å²) in [5.74, 6) is -0.315. The molecule has 2 N–H and O–H groups in total. The third-order valence-corrected chi connectivity index (χ3v) is 6.20. The SMILES string of the molecule is Cc1cccc(-c2ccc(C(=O)N(Cc3ccc(C(=O)NC4CC4)cc3)C3CC3)c(=O)[nH]2)c1.